The van der Waals surface area contributed by atoms with Gasteiger partial charge in [0.15, 0.2) is 0 Å². The van der Waals surface area contributed by atoms with Gasteiger partial charge in [-0.15, -0.1) is 11.3 Å². The second kappa shape index (κ2) is 5.51. The SMILES string of the molecule is Cc1ccc(C(F)(F)F)cc1NS(=O)(=O)c1ccc(Cl)s1. The molecule has 0 saturated carbocycles. The maximum absolute atomic E-state index is 12.7. The van der Waals surface area contributed by atoms with Crippen LogP contribution in [-0.4, -0.2) is 8.42 Å². The van der Waals surface area contributed by atoms with E-state index in [0.29, 0.717) is 5.56 Å². The van der Waals surface area contributed by atoms with Crippen LogP contribution in [0.1, 0.15) is 11.1 Å². The molecule has 0 aliphatic rings. The van der Waals surface area contributed by atoms with Gasteiger partial charge in [0.05, 0.1) is 15.6 Å². The minimum atomic E-state index is -4.54. The Morgan fingerprint density at radius 3 is 2.38 bits per heavy atom. The molecular formula is C12H9ClF3NO2S2. The Bertz CT molecular complexity index is 769. The lowest BCUT2D eigenvalue weighted by molar-refractivity contribution is -0.137. The molecule has 0 saturated heterocycles. The molecule has 0 unspecified atom stereocenters. The Morgan fingerprint density at radius 1 is 1.19 bits per heavy atom. The largest absolute Gasteiger partial charge is 0.416 e. The molecule has 0 atom stereocenters. The molecule has 0 aliphatic carbocycles. The third kappa shape index (κ3) is 3.69. The third-order valence-electron chi connectivity index (χ3n) is 2.62. The third-order valence-corrected chi connectivity index (χ3v) is 5.71. The van der Waals surface area contributed by atoms with Crippen molar-refractivity contribution in [2.75, 3.05) is 4.72 Å². The summed E-state index contributed by atoms with van der Waals surface area (Å²) in [7, 11) is -3.96. The minimum Gasteiger partial charge on any atom is -0.279 e. The van der Waals surface area contributed by atoms with Gasteiger partial charge in [-0.25, -0.2) is 8.42 Å². The van der Waals surface area contributed by atoms with Crippen molar-refractivity contribution in [3.63, 3.8) is 0 Å². The van der Waals surface area contributed by atoms with Gasteiger partial charge < -0.3 is 0 Å². The summed E-state index contributed by atoms with van der Waals surface area (Å²) in [5.41, 5.74) is -0.654. The molecule has 0 fully saturated rings. The van der Waals surface area contributed by atoms with Gasteiger partial charge in [0.2, 0.25) is 0 Å². The second-order valence-electron chi connectivity index (χ2n) is 4.19. The Kier molecular flexibility index (Phi) is 4.23. The van der Waals surface area contributed by atoms with Crippen molar-refractivity contribution in [1.82, 2.24) is 0 Å². The maximum atomic E-state index is 12.7. The number of anilines is 1. The summed E-state index contributed by atoms with van der Waals surface area (Å²) in [6.07, 6.45) is -4.54. The van der Waals surface area contributed by atoms with Gasteiger partial charge in [-0.1, -0.05) is 17.7 Å². The van der Waals surface area contributed by atoms with Crippen LogP contribution in [-0.2, 0) is 16.2 Å². The highest BCUT2D eigenvalue weighted by Crippen LogP contribution is 2.33. The van der Waals surface area contributed by atoms with Crippen molar-refractivity contribution in [2.24, 2.45) is 0 Å². The Balaban J connectivity index is 2.39. The zero-order valence-electron chi connectivity index (χ0n) is 10.5. The van der Waals surface area contributed by atoms with E-state index in [0.717, 1.165) is 23.5 Å². The van der Waals surface area contributed by atoms with Crippen molar-refractivity contribution in [1.29, 1.82) is 0 Å². The van der Waals surface area contributed by atoms with Crippen molar-refractivity contribution in [3.05, 3.63) is 45.8 Å². The van der Waals surface area contributed by atoms with Gasteiger partial charge in [-0.3, -0.25) is 4.72 Å². The molecule has 2 aromatic rings. The first-order valence-corrected chi connectivity index (χ1v) is 8.23. The molecule has 0 amide bonds. The number of hydrogen-bond donors (Lipinski definition) is 1. The molecule has 0 radical (unpaired) electrons. The molecule has 3 nitrogen and oxygen atoms in total. The average molecular weight is 356 g/mol. The van der Waals surface area contributed by atoms with Crippen LogP contribution in [0.2, 0.25) is 4.34 Å². The van der Waals surface area contributed by atoms with Crippen LogP contribution in [0.25, 0.3) is 0 Å². The fraction of sp³-hybridized carbons (Fsp3) is 0.167. The van der Waals surface area contributed by atoms with Crippen LogP contribution in [0.5, 0.6) is 0 Å². The monoisotopic (exact) mass is 355 g/mol. The predicted molar refractivity (Wildman–Crippen MR) is 76.3 cm³/mol. The smallest absolute Gasteiger partial charge is 0.279 e. The van der Waals surface area contributed by atoms with Crippen molar-refractivity contribution < 1.29 is 21.6 Å². The topological polar surface area (TPSA) is 46.2 Å². The highest BCUT2D eigenvalue weighted by atomic mass is 35.5. The summed E-state index contributed by atoms with van der Waals surface area (Å²) >= 11 is 6.49. The van der Waals surface area contributed by atoms with Crippen LogP contribution in [0.4, 0.5) is 18.9 Å². The summed E-state index contributed by atoms with van der Waals surface area (Å²) in [5, 5.41) is 0. The first-order valence-electron chi connectivity index (χ1n) is 5.55. The van der Waals surface area contributed by atoms with Gasteiger partial charge in [-0.2, -0.15) is 13.2 Å². The van der Waals surface area contributed by atoms with E-state index in [4.69, 9.17) is 11.6 Å². The molecule has 21 heavy (non-hydrogen) atoms. The first kappa shape index (κ1) is 16.1. The molecule has 0 bridgehead atoms. The lowest BCUT2D eigenvalue weighted by Crippen LogP contribution is -2.14. The number of sulfonamides is 1. The van der Waals surface area contributed by atoms with Gasteiger partial charge in [0, 0.05) is 0 Å². The molecule has 0 aliphatic heterocycles. The van der Waals surface area contributed by atoms with Crippen molar-refractivity contribution in [3.8, 4) is 0 Å². The fourth-order valence-electron chi connectivity index (χ4n) is 1.55. The number of rotatable bonds is 3. The first-order chi connectivity index (χ1) is 9.59. The number of nitrogens with one attached hydrogen (secondary N) is 1. The number of alkyl halides is 3. The van der Waals surface area contributed by atoms with Crippen molar-refractivity contribution in [2.45, 2.75) is 17.3 Å². The van der Waals surface area contributed by atoms with Crippen LogP contribution in [0.15, 0.2) is 34.5 Å². The molecule has 1 N–H and O–H groups in total. The lowest BCUT2D eigenvalue weighted by Gasteiger charge is -2.13. The van der Waals surface area contributed by atoms with E-state index in [1.807, 2.05) is 0 Å². The van der Waals surface area contributed by atoms with Crippen LogP contribution in [0.3, 0.4) is 0 Å². The van der Waals surface area contributed by atoms with E-state index >= 15 is 0 Å². The van der Waals surface area contributed by atoms with E-state index < -0.39 is 21.8 Å². The minimum absolute atomic E-state index is 0.0655. The summed E-state index contributed by atoms with van der Waals surface area (Å²) < 4.78 is 64.5. The highest BCUT2D eigenvalue weighted by Gasteiger charge is 2.31. The maximum Gasteiger partial charge on any atom is 0.416 e. The summed E-state index contributed by atoms with van der Waals surface area (Å²) in [5.74, 6) is 0. The average Bonchev–Trinajstić information content (AvgIpc) is 2.78. The van der Waals surface area contributed by atoms with Crippen LogP contribution in [0, 0.1) is 6.92 Å². The number of aryl methyl sites for hydroxylation is 1. The van der Waals surface area contributed by atoms with Gasteiger partial charge >= 0.3 is 6.18 Å². The second-order valence-corrected chi connectivity index (χ2v) is 7.82. The number of thiophene rings is 1. The molecular weight excluding hydrogens is 347 g/mol. The molecule has 0 spiro atoms. The van der Waals surface area contributed by atoms with E-state index in [2.05, 4.69) is 4.72 Å². The van der Waals surface area contributed by atoms with E-state index in [-0.39, 0.29) is 14.2 Å². The summed E-state index contributed by atoms with van der Waals surface area (Å²) in [4.78, 5) is 0. The van der Waals surface area contributed by atoms with E-state index in [1.165, 1.54) is 25.1 Å². The Labute approximate surface area is 128 Å². The van der Waals surface area contributed by atoms with Crippen LogP contribution >= 0.6 is 22.9 Å². The number of benzene rings is 1. The Morgan fingerprint density at radius 2 is 1.86 bits per heavy atom. The van der Waals surface area contributed by atoms with E-state index in [9.17, 15) is 21.6 Å². The van der Waals surface area contributed by atoms with Gasteiger partial charge in [0.1, 0.15) is 4.21 Å². The predicted octanol–water partition coefficient (Wildman–Crippen LogP) is 4.53. The molecule has 9 heteroatoms. The summed E-state index contributed by atoms with van der Waals surface area (Å²) in [6, 6.07) is 5.57. The van der Waals surface area contributed by atoms with E-state index in [1.54, 1.807) is 0 Å². The molecule has 2 rings (SSSR count). The molecule has 1 aromatic carbocycles. The lowest BCUT2D eigenvalue weighted by atomic mass is 10.1. The van der Waals surface area contributed by atoms with Gasteiger partial charge in [-0.05, 0) is 36.8 Å². The zero-order valence-corrected chi connectivity index (χ0v) is 12.9. The number of halogens is 4. The molecule has 114 valence electrons. The quantitative estimate of drug-likeness (QED) is 0.879. The highest BCUT2D eigenvalue weighted by molar-refractivity contribution is 7.94. The molecule has 1 heterocycles. The summed E-state index contributed by atoms with van der Waals surface area (Å²) in [6.45, 7) is 1.51. The van der Waals surface area contributed by atoms with Gasteiger partial charge in [0.25, 0.3) is 10.0 Å². The zero-order chi connectivity index (χ0) is 15.8. The number of hydrogen-bond acceptors (Lipinski definition) is 3. The van der Waals surface area contributed by atoms with Crippen molar-refractivity contribution >= 4 is 38.6 Å². The Hall–Kier alpha value is -1.25. The van der Waals surface area contributed by atoms with Crippen LogP contribution < -0.4 is 4.72 Å². The molecule has 1 aromatic heterocycles. The normalized spacial score (nSPS) is 12.4. The fourth-order valence-corrected chi connectivity index (χ4v) is 4.15. The standard InChI is InChI=1S/C12H9ClF3NO2S2/c1-7-2-3-8(12(14,15)16)6-9(7)17-21(18,19)11-5-4-10(13)20-11/h2-6,17H,1H3.